The van der Waals surface area contributed by atoms with E-state index in [0.29, 0.717) is 42.2 Å². The van der Waals surface area contributed by atoms with Crippen LogP contribution < -0.4 is 19.5 Å². The number of nitrogens with one attached hydrogen (secondary N) is 1. The summed E-state index contributed by atoms with van der Waals surface area (Å²) in [6, 6.07) is 18.8. The summed E-state index contributed by atoms with van der Waals surface area (Å²) in [6.07, 6.45) is 0.425. The molecule has 1 N–H and O–H groups in total. The van der Waals surface area contributed by atoms with Crippen LogP contribution in [0.25, 0.3) is 10.9 Å². The molecule has 1 aromatic heterocycles. The van der Waals surface area contributed by atoms with E-state index in [1.54, 1.807) is 35.2 Å². The van der Waals surface area contributed by atoms with E-state index in [0.717, 1.165) is 11.1 Å². The van der Waals surface area contributed by atoms with Crippen molar-refractivity contribution in [2.75, 3.05) is 25.0 Å². The van der Waals surface area contributed by atoms with Crippen molar-refractivity contribution in [1.29, 1.82) is 0 Å². The Morgan fingerprint density at radius 3 is 2.61 bits per heavy atom. The van der Waals surface area contributed by atoms with Gasteiger partial charge in [-0.1, -0.05) is 24.3 Å². The van der Waals surface area contributed by atoms with Crippen LogP contribution in [0.5, 0.6) is 17.2 Å². The van der Waals surface area contributed by atoms with Crippen molar-refractivity contribution in [2.45, 2.75) is 26.5 Å². The fourth-order valence-corrected chi connectivity index (χ4v) is 4.43. The van der Waals surface area contributed by atoms with Gasteiger partial charge < -0.3 is 29.0 Å². The molecule has 4 aromatic rings. The molecule has 2 amide bonds. The second-order valence-corrected chi connectivity index (χ2v) is 8.84. The van der Waals surface area contributed by atoms with E-state index in [-0.39, 0.29) is 18.2 Å². The second kappa shape index (κ2) is 10.8. The molecular formula is C29H28FN3O5. The van der Waals surface area contributed by atoms with Crippen molar-refractivity contribution in [3.05, 3.63) is 84.3 Å². The number of nitrogens with zero attached hydrogens (tertiary/aromatic N) is 2. The predicted octanol–water partition coefficient (Wildman–Crippen LogP) is 5.45. The van der Waals surface area contributed by atoms with Gasteiger partial charge in [-0.05, 0) is 61.9 Å². The monoisotopic (exact) mass is 517 g/mol. The number of carbonyl (C=O) groups excluding carboxylic acids is 2. The third kappa shape index (κ3) is 5.13. The fraction of sp³-hybridized carbons (Fsp3) is 0.241. The molecule has 38 heavy (non-hydrogen) atoms. The quantitative estimate of drug-likeness (QED) is 0.353. The first kappa shape index (κ1) is 25.1. The number of rotatable bonds is 7. The Morgan fingerprint density at radius 2 is 1.84 bits per heavy atom. The van der Waals surface area contributed by atoms with Crippen LogP contribution in [0.3, 0.4) is 0 Å². The Balaban J connectivity index is 1.47. The van der Waals surface area contributed by atoms with E-state index in [4.69, 9.17) is 14.2 Å². The van der Waals surface area contributed by atoms with Gasteiger partial charge in [0, 0.05) is 31.2 Å². The topological polar surface area (TPSA) is 82.0 Å². The van der Waals surface area contributed by atoms with Gasteiger partial charge >= 0.3 is 6.09 Å². The molecule has 0 spiro atoms. The number of hydrogen-bond acceptors (Lipinski definition) is 5. The molecule has 0 radical (unpaired) electrons. The number of amides is 2. The van der Waals surface area contributed by atoms with Crippen LogP contribution in [-0.4, -0.2) is 47.3 Å². The number of para-hydroxylation sites is 2. The SMILES string of the molecule is CCN(CC)C(=O)Oc1ccc2c(ccn2Cc2cccc(F)c2)c1NC(=O)[C@H]1COc2ccccc2O1. The normalized spacial score (nSPS) is 14.2. The first-order valence-electron chi connectivity index (χ1n) is 12.5. The van der Waals surface area contributed by atoms with Crippen molar-refractivity contribution in [2.24, 2.45) is 0 Å². The zero-order valence-corrected chi connectivity index (χ0v) is 21.1. The maximum atomic E-state index is 13.8. The van der Waals surface area contributed by atoms with E-state index in [1.807, 2.05) is 48.9 Å². The van der Waals surface area contributed by atoms with Crippen LogP contribution in [0, 0.1) is 5.82 Å². The van der Waals surface area contributed by atoms with Gasteiger partial charge in [-0.3, -0.25) is 4.79 Å². The minimum Gasteiger partial charge on any atom is -0.485 e. The Kier molecular flexibility index (Phi) is 7.17. The average molecular weight is 518 g/mol. The van der Waals surface area contributed by atoms with E-state index >= 15 is 0 Å². The summed E-state index contributed by atoms with van der Waals surface area (Å²) >= 11 is 0. The standard InChI is InChI=1S/C29H28FN3O5/c1-3-32(4-2)29(35)38-25-13-12-22-21(14-15-33(22)17-19-8-7-9-20(30)16-19)27(25)31-28(34)26-18-36-23-10-5-6-11-24(23)37-26/h5-16,26H,3-4,17-18H2,1-2H3,(H,31,34)/t26-/m1/s1. The summed E-state index contributed by atoms with van der Waals surface area (Å²) in [4.78, 5) is 27.6. The Hall–Kier alpha value is -4.53. The molecule has 196 valence electrons. The molecule has 0 fully saturated rings. The van der Waals surface area contributed by atoms with Crippen LogP contribution in [-0.2, 0) is 11.3 Å². The Labute approximate surface area is 219 Å². The number of anilines is 1. The highest BCUT2D eigenvalue weighted by atomic mass is 19.1. The molecule has 3 aromatic carbocycles. The molecule has 0 aliphatic carbocycles. The Morgan fingerprint density at radius 1 is 1.05 bits per heavy atom. The summed E-state index contributed by atoms with van der Waals surface area (Å²) in [5.41, 5.74) is 1.91. The molecule has 0 unspecified atom stereocenters. The van der Waals surface area contributed by atoms with Gasteiger partial charge in [-0.2, -0.15) is 0 Å². The van der Waals surface area contributed by atoms with Crippen molar-refractivity contribution in [3.63, 3.8) is 0 Å². The van der Waals surface area contributed by atoms with E-state index in [1.165, 1.54) is 12.1 Å². The first-order chi connectivity index (χ1) is 18.5. The Bertz CT molecular complexity index is 1480. The number of hydrogen-bond donors (Lipinski definition) is 1. The van der Waals surface area contributed by atoms with Crippen molar-refractivity contribution < 1.29 is 28.2 Å². The van der Waals surface area contributed by atoms with Crippen LogP contribution in [0.1, 0.15) is 19.4 Å². The van der Waals surface area contributed by atoms with Crippen molar-refractivity contribution >= 4 is 28.6 Å². The van der Waals surface area contributed by atoms with E-state index < -0.39 is 18.1 Å². The minimum atomic E-state index is -0.902. The highest BCUT2D eigenvalue weighted by Gasteiger charge is 2.29. The molecule has 9 heteroatoms. The number of halogens is 1. The number of carbonyl (C=O) groups is 2. The summed E-state index contributed by atoms with van der Waals surface area (Å²) in [5, 5.41) is 3.57. The van der Waals surface area contributed by atoms with Crippen LogP contribution in [0.4, 0.5) is 14.9 Å². The lowest BCUT2D eigenvalue weighted by molar-refractivity contribution is -0.125. The van der Waals surface area contributed by atoms with Crippen molar-refractivity contribution in [1.82, 2.24) is 9.47 Å². The highest BCUT2D eigenvalue weighted by Crippen LogP contribution is 2.36. The van der Waals surface area contributed by atoms with Gasteiger partial charge in [0.1, 0.15) is 12.4 Å². The fourth-order valence-electron chi connectivity index (χ4n) is 4.43. The minimum absolute atomic E-state index is 0.0357. The highest BCUT2D eigenvalue weighted by molar-refractivity contribution is 6.06. The van der Waals surface area contributed by atoms with Gasteiger partial charge in [0.15, 0.2) is 17.2 Å². The van der Waals surface area contributed by atoms with Crippen LogP contribution in [0.2, 0.25) is 0 Å². The summed E-state index contributed by atoms with van der Waals surface area (Å²) < 4.78 is 33.0. The largest absolute Gasteiger partial charge is 0.485 e. The molecule has 5 rings (SSSR count). The van der Waals surface area contributed by atoms with Crippen LogP contribution in [0.15, 0.2) is 72.9 Å². The van der Waals surface area contributed by atoms with E-state index in [9.17, 15) is 14.0 Å². The average Bonchev–Trinajstić information content (AvgIpc) is 3.33. The summed E-state index contributed by atoms with van der Waals surface area (Å²) in [7, 11) is 0. The maximum Gasteiger partial charge on any atom is 0.415 e. The number of benzene rings is 3. The zero-order valence-electron chi connectivity index (χ0n) is 21.1. The van der Waals surface area contributed by atoms with Gasteiger partial charge in [-0.15, -0.1) is 0 Å². The van der Waals surface area contributed by atoms with Gasteiger partial charge in [-0.25, -0.2) is 9.18 Å². The van der Waals surface area contributed by atoms with Crippen molar-refractivity contribution in [3.8, 4) is 17.2 Å². The van der Waals surface area contributed by atoms with Gasteiger partial charge in [0.2, 0.25) is 6.10 Å². The molecule has 1 atom stereocenters. The lowest BCUT2D eigenvalue weighted by Crippen LogP contribution is -2.40. The third-order valence-electron chi connectivity index (χ3n) is 6.42. The number of ether oxygens (including phenoxy) is 3. The molecule has 0 saturated heterocycles. The number of fused-ring (bicyclic) bond motifs is 2. The molecule has 1 aliphatic rings. The van der Waals surface area contributed by atoms with Gasteiger partial charge in [0.05, 0.1) is 11.2 Å². The van der Waals surface area contributed by atoms with Gasteiger partial charge in [0.25, 0.3) is 5.91 Å². The van der Waals surface area contributed by atoms with Crippen LogP contribution >= 0.6 is 0 Å². The molecule has 8 nitrogen and oxygen atoms in total. The summed E-state index contributed by atoms with van der Waals surface area (Å²) in [5.74, 6) is 0.510. The second-order valence-electron chi connectivity index (χ2n) is 8.84. The lowest BCUT2D eigenvalue weighted by Gasteiger charge is -2.26. The molecule has 0 bridgehead atoms. The molecule has 0 saturated carbocycles. The maximum absolute atomic E-state index is 13.8. The lowest BCUT2D eigenvalue weighted by atomic mass is 10.1. The first-order valence-corrected chi connectivity index (χ1v) is 12.5. The number of aromatic nitrogens is 1. The predicted molar refractivity (Wildman–Crippen MR) is 141 cm³/mol. The molecular weight excluding hydrogens is 489 g/mol. The molecule has 1 aliphatic heterocycles. The smallest absolute Gasteiger partial charge is 0.415 e. The molecule has 2 heterocycles. The summed E-state index contributed by atoms with van der Waals surface area (Å²) in [6.45, 7) is 5.15. The van der Waals surface area contributed by atoms with E-state index in [2.05, 4.69) is 5.32 Å². The third-order valence-corrected chi connectivity index (χ3v) is 6.42. The zero-order chi connectivity index (χ0) is 26.6.